The number of phenols is 1. The average Bonchev–Trinajstić information content (AvgIpc) is 3.28. The van der Waals surface area contributed by atoms with E-state index in [-0.39, 0.29) is 22.2 Å². The van der Waals surface area contributed by atoms with Crippen LogP contribution in [0, 0.1) is 6.92 Å². The summed E-state index contributed by atoms with van der Waals surface area (Å²) in [7, 11) is -0.686. The number of fused-ring (bicyclic) bond motifs is 1. The molecule has 0 spiro atoms. The first-order valence-electron chi connectivity index (χ1n) is 11.8. The number of amides is 1. The predicted octanol–water partition coefficient (Wildman–Crippen LogP) is 4.91. The van der Waals surface area contributed by atoms with E-state index in [0.29, 0.717) is 38.9 Å². The van der Waals surface area contributed by atoms with Crippen LogP contribution in [0.2, 0.25) is 0 Å². The molecule has 0 aliphatic carbocycles. The molecular weight excluding hydrogens is 500 g/mol. The van der Waals surface area contributed by atoms with E-state index in [2.05, 4.69) is 4.98 Å². The molecule has 0 aliphatic heterocycles. The number of aromatic hydroxyl groups is 1. The van der Waals surface area contributed by atoms with Crippen molar-refractivity contribution in [3.63, 3.8) is 0 Å². The number of phenolic OH excluding ortho intramolecular Hbond substituents is 1. The first-order valence-corrected chi connectivity index (χ1v) is 13.2. The predicted molar refractivity (Wildman–Crippen MR) is 148 cm³/mol. The number of nitrogens with two attached hydrogens (primary N) is 1. The van der Waals surface area contributed by atoms with Gasteiger partial charge in [0, 0.05) is 54.3 Å². The van der Waals surface area contributed by atoms with Gasteiger partial charge in [-0.15, -0.1) is 0 Å². The first kappa shape index (κ1) is 25.0. The van der Waals surface area contributed by atoms with E-state index in [1.54, 1.807) is 93.1 Å². The molecule has 0 aliphatic rings. The Morgan fingerprint density at radius 1 is 0.947 bits per heavy atom. The average molecular weight is 527 g/mol. The summed E-state index contributed by atoms with van der Waals surface area (Å²) in [6, 6.07) is 20.3. The van der Waals surface area contributed by atoms with Crippen LogP contribution in [0.1, 0.15) is 15.9 Å². The van der Waals surface area contributed by atoms with Crippen molar-refractivity contribution in [3.8, 4) is 28.0 Å². The minimum absolute atomic E-state index is 0.0102. The minimum atomic E-state index is -3.99. The Kier molecular flexibility index (Phi) is 6.16. The van der Waals surface area contributed by atoms with E-state index in [1.165, 1.54) is 11.1 Å². The number of rotatable bonds is 5. The Hall–Kier alpha value is -4.63. The van der Waals surface area contributed by atoms with Crippen LogP contribution in [0.3, 0.4) is 0 Å². The molecule has 2 heterocycles. The number of aromatic nitrogens is 2. The van der Waals surface area contributed by atoms with Crippen molar-refractivity contribution in [1.82, 2.24) is 13.9 Å². The third-order valence-corrected chi connectivity index (χ3v) is 8.07. The van der Waals surface area contributed by atoms with Gasteiger partial charge in [0.2, 0.25) is 0 Å². The Labute approximate surface area is 220 Å². The molecule has 0 atom stereocenters. The molecule has 8 nitrogen and oxygen atoms in total. The summed E-state index contributed by atoms with van der Waals surface area (Å²) in [5.74, 6) is -0.223. The van der Waals surface area contributed by atoms with Crippen molar-refractivity contribution >= 4 is 32.7 Å². The van der Waals surface area contributed by atoms with Crippen molar-refractivity contribution in [2.24, 2.45) is 0 Å². The zero-order chi connectivity index (χ0) is 27.2. The molecule has 38 heavy (non-hydrogen) atoms. The highest BCUT2D eigenvalue weighted by molar-refractivity contribution is 7.90. The smallest absolute Gasteiger partial charge is 0.269 e. The highest BCUT2D eigenvalue weighted by Crippen LogP contribution is 2.38. The van der Waals surface area contributed by atoms with Gasteiger partial charge in [-0.25, -0.2) is 17.4 Å². The summed E-state index contributed by atoms with van der Waals surface area (Å²) in [4.78, 5) is 18.8. The Balaban J connectivity index is 1.75. The van der Waals surface area contributed by atoms with Gasteiger partial charge in [0.15, 0.2) is 5.65 Å². The summed E-state index contributed by atoms with van der Waals surface area (Å²) < 4.78 is 28.5. The van der Waals surface area contributed by atoms with Gasteiger partial charge in [-0.2, -0.15) is 0 Å². The van der Waals surface area contributed by atoms with Gasteiger partial charge in [0.25, 0.3) is 15.9 Å². The van der Waals surface area contributed by atoms with Gasteiger partial charge >= 0.3 is 0 Å². The molecule has 5 rings (SSSR count). The fourth-order valence-corrected chi connectivity index (χ4v) is 5.65. The van der Waals surface area contributed by atoms with Crippen LogP contribution in [-0.4, -0.2) is 47.4 Å². The van der Waals surface area contributed by atoms with Crippen molar-refractivity contribution in [3.05, 3.63) is 96.3 Å². The molecule has 9 heteroatoms. The quantitative estimate of drug-likeness (QED) is 0.314. The lowest BCUT2D eigenvalue weighted by Crippen LogP contribution is -2.22. The molecule has 0 unspecified atom stereocenters. The number of carbonyl (C=O) groups excluding carboxylic acids is 1. The fraction of sp³-hybridized carbons (Fsp3) is 0.103. The third kappa shape index (κ3) is 4.26. The Morgan fingerprint density at radius 2 is 1.66 bits per heavy atom. The maximum Gasteiger partial charge on any atom is 0.269 e. The van der Waals surface area contributed by atoms with Crippen LogP contribution in [-0.2, 0) is 10.0 Å². The standard InChI is InChI=1S/C29H26N4O4S/c1-18-8-11-21(12-9-18)38(36,37)33-17-25(22-6-4-5-7-27(22)34)23-15-20(16-31-28(23)33)19-10-13-26(30)24(14-19)29(35)32(2)3/h4-17,34H,30H2,1-3H3. The number of pyridine rings is 1. The molecule has 192 valence electrons. The second kappa shape index (κ2) is 9.35. The van der Waals surface area contributed by atoms with Crippen LogP contribution in [0.4, 0.5) is 5.69 Å². The van der Waals surface area contributed by atoms with Crippen LogP contribution >= 0.6 is 0 Å². The summed E-state index contributed by atoms with van der Waals surface area (Å²) in [5, 5.41) is 11.1. The van der Waals surface area contributed by atoms with Crippen LogP contribution < -0.4 is 5.73 Å². The molecule has 0 bridgehead atoms. The Bertz CT molecular complexity index is 1810. The zero-order valence-corrected chi connectivity index (χ0v) is 21.9. The maximum atomic E-state index is 13.7. The monoisotopic (exact) mass is 526 g/mol. The number of hydrogen-bond acceptors (Lipinski definition) is 6. The third-order valence-electron chi connectivity index (χ3n) is 6.41. The van der Waals surface area contributed by atoms with E-state index in [1.807, 2.05) is 6.92 Å². The molecule has 1 amide bonds. The normalized spacial score (nSPS) is 11.6. The minimum Gasteiger partial charge on any atom is -0.507 e. The largest absolute Gasteiger partial charge is 0.507 e. The van der Waals surface area contributed by atoms with Gasteiger partial charge in [-0.3, -0.25) is 4.79 Å². The lowest BCUT2D eigenvalue weighted by atomic mass is 9.99. The van der Waals surface area contributed by atoms with Crippen LogP contribution in [0.15, 0.2) is 90.1 Å². The fourth-order valence-electron chi connectivity index (χ4n) is 4.32. The molecule has 3 aromatic carbocycles. The number of benzene rings is 3. The van der Waals surface area contributed by atoms with E-state index >= 15 is 0 Å². The summed E-state index contributed by atoms with van der Waals surface area (Å²) >= 11 is 0. The molecule has 3 N–H and O–H groups in total. The number of para-hydroxylation sites is 1. The van der Waals surface area contributed by atoms with Crippen molar-refractivity contribution in [2.75, 3.05) is 19.8 Å². The van der Waals surface area contributed by atoms with E-state index in [4.69, 9.17) is 5.73 Å². The van der Waals surface area contributed by atoms with E-state index < -0.39 is 10.0 Å². The molecular formula is C29H26N4O4S. The van der Waals surface area contributed by atoms with Crippen molar-refractivity contribution in [2.45, 2.75) is 11.8 Å². The number of nitrogen functional groups attached to an aromatic ring is 1. The van der Waals surface area contributed by atoms with Crippen LogP contribution in [0.5, 0.6) is 5.75 Å². The van der Waals surface area contributed by atoms with E-state index in [0.717, 1.165) is 9.54 Å². The number of nitrogens with zero attached hydrogens (tertiary/aromatic N) is 3. The first-order chi connectivity index (χ1) is 18.1. The van der Waals surface area contributed by atoms with Crippen molar-refractivity contribution in [1.29, 1.82) is 0 Å². The molecule has 0 fully saturated rings. The summed E-state index contributed by atoms with van der Waals surface area (Å²) in [5.41, 5.74) is 10.3. The van der Waals surface area contributed by atoms with Gasteiger partial charge in [0.1, 0.15) is 5.75 Å². The second-order valence-corrected chi connectivity index (χ2v) is 11.1. The number of carbonyl (C=O) groups is 1. The van der Waals surface area contributed by atoms with Crippen molar-refractivity contribution < 1.29 is 18.3 Å². The van der Waals surface area contributed by atoms with Gasteiger partial charge in [-0.1, -0.05) is 42.0 Å². The highest BCUT2D eigenvalue weighted by atomic mass is 32.2. The molecule has 0 radical (unpaired) electrons. The summed E-state index contributed by atoms with van der Waals surface area (Å²) in [6.07, 6.45) is 3.04. The summed E-state index contributed by atoms with van der Waals surface area (Å²) in [6.45, 7) is 1.88. The molecule has 5 aromatic rings. The topological polar surface area (TPSA) is 119 Å². The maximum absolute atomic E-state index is 13.7. The second-order valence-electron chi connectivity index (χ2n) is 9.27. The number of hydrogen-bond donors (Lipinski definition) is 2. The lowest BCUT2D eigenvalue weighted by Gasteiger charge is -2.13. The number of aryl methyl sites for hydroxylation is 1. The zero-order valence-electron chi connectivity index (χ0n) is 21.1. The molecule has 2 aromatic heterocycles. The van der Waals surface area contributed by atoms with Gasteiger partial charge in [-0.05, 0) is 48.9 Å². The lowest BCUT2D eigenvalue weighted by molar-refractivity contribution is 0.0828. The van der Waals surface area contributed by atoms with Crippen LogP contribution in [0.25, 0.3) is 33.3 Å². The Morgan fingerprint density at radius 3 is 2.34 bits per heavy atom. The molecule has 0 saturated carbocycles. The SMILES string of the molecule is Cc1ccc(S(=O)(=O)n2cc(-c3ccccc3O)c3cc(-c4ccc(N)c(C(=O)N(C)C)c4)cnc32)cc1. The van der Waals surface area contributed by atoms with E-state index in [9.17, 15) is 18.3 Å². The highest BCUT2D eigenvalue weighted by Gasteiger charge is 2.24. The number of anilines is 1. The van der Waals surface area contributed by atoms with Gasteiger partial charge in [0.05, 0.1) is 10.5 Å². The van der Waals surface area contributed by atoms with Gasteiger partial charge < -0.3 is 15.7 Å². The molecule has 0 saturated heterocycles.